The number of ether oxygens (including phenoxy) is 1. The summed E-state index contributed by atoms with van der Waals surface area (Å²) in [6.45, 7) is -1.08. The van der Waals surface area contributed by atoms with Crippen molar-refractivity contribution in [3.8, 4) is 11.1 Å². The van der Waals surface area contributed by atoms with Gasteiger partial charge in [0, 0.05) is 17.5 Å². The Kier molecular flexibility index (Phi) is 5.60. The molecule has 5 rings (SSSR count). The van der Waals surface area contributed by atoms with Crippen LogP contribution in [0.1, 0.15) is 36.8 Å². The molecule has 1 atom stereocenters. The number of nitrogens with two attached hydrogens (primary N) is 1. The molecule has 2 aliphatic carbocycles. The molecule has 4 nitrogen and oxygen atoms in total. The van der Waals surface area contributed by atoms with Crippen LogP contribution in [0, 0.1) is 11.2 Å². The molecular weight excluding hydrogens is 470 g/mol. The van der Waals surface area contributed by atoms with Crippen LogP contribution in [0.4, 0.5) is 17.6 Å². The zero-order valence-corrected chi connectivity index (χ0v) is 19.5. The highest BCUT2D eigenvalue weighted by Crippen LogP contribution is 2.61. The molecule has 1 saturated carbocycles. The van der Waals surface area contributed by atoms with Gasteiger partial charge in [-0.1, -0.05) is 23.7 Å². The van der Waals surface area contributed by atoms with Gasteiger partial charge in [-0.05, 0) is 78.6 Å². The lowest BCUT2D eigenvalue weighted by Crippen LogP contribution is -2.49. The summed E-state index contributed by atoms with van der Waals surface area (Å²) in [4.78, 5) is 5.95. The third-order valence-corrected chi connectivity index (χ3v) is 8.02. The fourth-order valence-corrected chi connectivity index (χ4v) is 6.45. The summed E-state index contributed by atoms with van der Waals surface area (Å²) in [7, 11) is 1.69. The van der Waals surface area contributed by atoms with Gasteiger partial charge in [-0.3, -0.25) is 0 Å². The molecule has 3 aliphatic rings. The van der Waals surface area contributed by atoms with Crippen LogP contribution >= 0.6 is 11.6 Å². The molecule has 182 valence electrons. The molecule has 2 N–H and O–H groups in total. The van der Waals surface area contributed by atoms with E-state index in [2.05, 4.69) is 0 Å². The first-order chi connectivity index (χ1) is 16.0. The van der Waals surface area contributed by atoms with Crippen molar-refractivity contribution in [3.63, 3.8) is 0 Å². The SMILES string of the molecule is COC1CCC2(CC1)Cc1ccc(-c3cc(F)cc(Cl)c3)cc1C21CN(CC(F)(F)F)C(N)=N1. The maximum Gasteiger partial charge on any atom is 0.406 e. The van der Waals surface area contributed by atoms with Crippen LogP contribution in [0.5, 0.6) is 0 Å². The van der Waals surface area contributed by atoms with Gasteiger partial charge in [0.15, 0.2) is 5.96 Å². The molecular formula is C25H26ClF4N3O. The first-order valence-electron chi connectivity index (χ1n) is 11.3. The van der Waals surface area contributed by atoms with Gasteiger partial charge in [0.05, 0.1) is 12.6 Å². The fourth-order valence-electron chi connectivity index (χ4n) is 6.23. The fraction of sp³-hybridized carbons (Fsp3) is 0.480. The van der Waals surface area contributed by atoms with Gasteiger partial charge in [-0.15, -0.1) is 0 Å². The highest BCUT2D eigenvalue weighted by Gasteiger charge is 2.62. The second-order valence-corrected chi connectivity index (χ2v) is 10.2. The number of benzene rings is 2. The van der Waals surface area contributed by atoms with E-state index in [0.717, 1.165) is 47.3 Å². The molecule has 1 aliphatic heterocycles. The molecule has 9 heteroatoms. The van der Waals surface area contributed by atoms with Crippen molar-refractivity contribution in [3.05, 3.63) is 58.4 Å². The molecule has 0 bridgehead atoms. The van der Waals surface area contributed by atoms with Crippen molar-refractivity contribution in [2.45, 2.75) is 49.9 Å². The Hall–Kier alpha value is -2.32. The first-order valence-corrected chi connectivity index (χ1v) is 11.7. The summed E-state index contributed by atoms with van der Waals surface area (Å²) in [6, 6.07) is 10.1. The topological polar surface area (TPSA) is 50.9 Å². The number of alkyl halides is 3. The molecule has 2 spiro atoms. The number of hydrogen-bond donors (Lipinski definition) is 1. The van der Waals surface area contributed by atoms with Crippen molar-refractivity contribution < 1.29 is 22.3 Å². The minimum Gasteiger partial charge on any atom is -0.381 e. The zero-order valence-electron chi connectivity index (χ0n) is 18.8. The summed E-state index contributed by atoms with van der Waals surface area (Å²) in [5.41, 5.74) is 8.13. The van der Waals surface area contributed by atoms with Crippen LogP contribution in [0.3, 0.4) is 0 Å². The molecule has 0 amide bonds. The first kappa shape index (κ1) is 23.4. The van der Waals surface area contributed by atoms with Crippen molar-refractivity contribution in [1.29, 1.82) is 0 Å². The van der Waals surface area contributed by atoms with Crippen LogP contribution < -0.4 is 5.73 Å². The van der Waals surface area contributed by atoms with E-state index in [1.165, 1.54) is 12.1 Å². The molecule has 34 heavy (non-hydrogen) atoms. The van der Waals surface area contributed by atoms with E-state index in [1.54, 1.807) is 13.2 Å². The van der Waals surface area contributed by atoms with E-state index in [-0.39, 0.29) is 29.0 Å². The monoisotopic (exact) mass is 495 g/mol. The predicted molar refractivity (Wildman–Crippen MR) is 123 cm³/mol. The van der Waals surface area contributed by atoms with E-state index in [1.807, 2.05) is 18.2 Å². The van der Waals surface area contributed by atoms with Gasteiger partial charge < -0.3 is 15.4 Å². The van der Waals surface area contributed by atoms with Gasteiger partial charge in [0.25, 0.3) is 0 Å². The quantitative estimate of drug-likeness (QED) is 0.558. The van der Waals surface area contributed by atoms with Crippen molar-refractivity contribution >= 4 is 17.6 Å². The number of rotatable bonds is 3. The van der Waals surface area contributed by atoms with Gasteiger partial charge in [0.2, 0.25) is 0 Å². The van der Waals surface area contributed by atoms with Gasteiger partial charge in [-0.25, -0.2) is 9.38 Å². The van der Waals surface area contributed by atoms with Gasteiger partial charge in [0.1, 0.15) is 17.9 Å². The van der Waals surface area contributed by atoms with Crippen LogP contribution in [0.15, 0.2) is 41.4 Å². The Bertz CT molecular complexity index is 1120. The average Bonchev–Trinajstić information content (AvgIpc) is 3.21. The number of aliphatic imine (C=N–C) groups is 1. The Morgan fingerprint density at radius 1 is 1.15 bits per heavy atom. The predicted octanol–water partition coefficient (Wildman–Crippen LogP) is 5.67. The number of methoxy groups -OCH3 is 1. The molecule has 0 saturated heterocycles. The van der Waals surface area contributed by atoms with Crippen LogP contribution in [-0.2, 0) is 16.7 Å². The lowest BCUT2D eigenvalue weighted by Gasteiger charge is -2.46. The van der Waals surface area contributed by atoms with Gasteiger partial charge in [-0.2, -0.15) is 13.2 Å². The minimum absolute atomic E-state index is 0.0658. The van der Waals surface area contributed by atoms with E-state index in [0.29, 0.717) is 12.0 Å². The zero-order chi connectivity index (χ0) is 24.3. The molecule has 2 aromatic carbocycles. The standard InChI is InChI=1S/C25H26ClF4N3O/c1-34-20-4-6-23(7-5-20)12-16-3-2-15(17-8-18(26)11-19(27)9-17)10-21(16)24(23)13-33(22(31)32-24)14-25(28,29)30/h2-3,8-11,20H,4-7,12-14H2,1H3,(H2,31,32). The average molecular weight is 496 g/mol. The summed E-state index contributed by atoms with van der Waals surface area (Å²) < 4.78 is 59.6. The second-order valence-electron chi connectivity index (χ2n) is 9.72. The number of hydrogen-bond acceptors (Lipinski definition) is 4. The van der Waals surface area contributed by atoms with Crippen molar-refractivity contribution in [1.82, 2.24) is 4.90 Å². The normalized spacial score (nSPS) is 28.6. The minimum atomic E-state index is -4.39. The van der Waals surface area contributed by atoms with Crippen molar-refractivity contribution in [2.75, 3.05) is 20.2 Å². The van der Waals surface area contributed by atoms with Crippen LogP contribution in [0.25, 0.3) is 11.1 Å². The molecule has 0 radical (unpaired) electrons. The Labute approximate surface area is 200 Å². The lowest BCUT2D eigenvalue weighted by molar-refractivity contribution is -0.139. The highest BCUT2D eigenvalue weighted by molar-refractivity contribution is 6.30. The number of fused-ring (bicyclic) bond motifs is 3. The molecule has 0 aromatic heterocycles. The summed E-state index contributed by atoms with van der Waals surface area (Å²) in [5.74, 6) is -0.538. The number of nitrogens with zero attached hydrogens (tertiary/aromatic N) is 2. The van der Waals surface area contributed by atoms with Crippen molar-refractivity contribution in [2.24, 2.45) is 16.1 Å². The summed E-state index contributed by atoms with van der Waals surface area (Å²) in [5, 5.41) is 0.277. The van der Waals surface area contributed by atoms with E-state index in [9.17, 15) is 17.6 Å². The van der Waals surface area contributed by atoms with E-state index < -0.39 is 24.1 Å². The van der Waals surface area contributed by atoms with E-state index >= 15 is 0 Å². The maximum atomic E-state index is 14.1. The van der Waals surface area contributed by atoms with Crippen LogP contribution in [-0.4, -0.2) is 43.3 Å². The van der Waals surface area contributed by atoms with Gasteiger partial charge >= 0.3 is 6.18 Å². The molecule has 1 fully saturated rings. The summed E-state index contributed by atoms with van der Waals surface area (Å²) in [6.07, 6.45) is -0.380. The highest BCUT2D eigenvalue weighted by atomic mass is 35.5. The maximum absolute atomic E-state index is 14.1. The molecule has 1 unspecified atom stereocenters. The Morgan fingerprint density at radius 3 is 2.53 bits per heavy atom. The third kappa shape index (κ3) is 3.85. The largest absolute Gasteiger partial charge is 0.406 e. The Balaban J connectivity index is 1.61. The third-order valence-electron chi connectivity index (χ3n) is 7.80. The second kappa shape index (κ2) is 8.12. The molecule has 1 heterocycles. The number of halogens is 5. The lowest BCUT2D eigenvalue weighted by atomic mass is 9.61. The van der Waals surface area contributed by atoms with Crippen LogP contribution in [0.2, 0.25) is 5.02 Å². The smallest absolute Gasteiger partial charge is 0.381 e. The van der Waals surface area contributed by atoms with E-state index in [4.69, 9.17) is 27.1 Å². The number of guanidine groups is 1. The molecule has 2 aromatic rings. The summed E-state index contributed by atoms with van der Waals surface area (Å²) >= 11 is 6.08. The Morgan fingerprint density at radius 2 is 1.88 bits per heavy atom.